The van der Waals surface area contributed by atoms with Gasteiger partial charge in [-0.3, -0.25) is 0 Å². The average Bonchev–Trinajstić information content (AvgIpc) is 2.53. The lowest BCUT2D eigenvalue weighted by molar-refractivity contribution is 0.604. The number of hydrogen-bond acceptors (Lipinski definition) is 1. The molecule has 1 aliphatic rings. The van der Waals surface area contributed by atoms with Gasteiger partial charge in [0.1, 0.15) is 5.82 Å². The molecule has 1 aliphatic carbocycles. The SMILES string of the molecule is NC1CCCCc2c1cc(F)c1ccccc21. The van der Waals surface area contributed by atoms with Crippen LogP contribution in [0.2, 0.25) is 0 Å². The first-order valence-corrected chi connectivity index (χ1v) is 6.23. The summed E-state index contributed by atoms with van der Waals surface area (Å²) in [6.45, 7) is 0. The van der Waals surface area contributed by atoms with E-state index in [1.807, 2.05) is 24.3 Å². The van der Waals surface area contributed by atoms with Crippen LogP contribution < -0.4 is 5.73 Å². The normalized spacial score (nSPS) is 20.0. The first-order chi connectivity index (χ1) is 8.27. The molecule has 3 rings (SSSR count). The Kier molecular flexibility index (Phi) is 2.60. The second-order valence-corrected chi connectivity index (χ2v) is 4.82. The van der Waals surface area contributed by atoms with Crippen LogP contribution in [-0.4, -0.2) is 0 Å². The predicted octanol–water partition coefficient (Wildman–Crippen LogP) is 3.71. The number of benzene rings is 2. The standard InChI is InChI=1S/C15H16FN/c16-14-9-13-11(6-3-4-8-15(13)17)10-5-1-2-7-12(10)14/h1-2,5,7,9,15H,3-4,6,8,17H2. The average molecular weight is 229 g/mol. The van der Waals surface area contributed by atoms with Crippen molar-refractivity contribution in [2.45, 2.75) is 31.7 Å². The Hall–Kier alpha value is -1.41. The third-order valence-electron chi connectivity index (χ3n) is 3.73. The third kappa shape index (κ3) is 1.73. The molecular weight excluding hydrogens is 213 g/mol. The summed E-state index contributed by atoms with van der Waals surface area (Å²) in [4.78, 5) is 0. The van der Waals surface area contributed by atoms with Crippen LogP contribution >= 0.6 is 0 Å². The summed E-state index contributed by atoms with van der Waals surface area (Å²) < 4.78 is 14.0. The summed E-state index contributed by atoms with van der Waals surface area (Å²) in [5.41, 5.74) is 8.41. The monoisotopic (exact) mass is 229 g/mol. The molecule has 1 atom stereocenters. The van der Waals surface area contributed by atoms with Gasteiger partial charge in [0.05, 0.1) is 0 Å². The van der Waals surface area contributed by atoms with Gasteiger partial charge in [-0.15, -0.1) is 0 Å². The molecule has 0 saturated carbocycles. The topological polar surface area (TPSA) is 26.0 Å². The van der Waals surface area contributed by atoms with Crippen LogP contribution in [0, 0.1) is 5.82 Å². The van der Waals surface area contributed by atoms with E-state index in [1.165, 1.54) is 5.56 Å². The van der Waals surface area contributed by atoms with Crippen molar-refractivity contribution in [3.63, 3.8) is 0 Å². The van der Waals surface area contributed by atoms with Gasteiger partial charge in [-0.1, -0.05) is 30.7 Å². The molecule has 88 valence electrons. The lowest BCUT2D eigenvalue weighted by Gasteiger charge is -2.15. The molecule has 0 heterocycles. The van der Waals surface area contributed by atoms with Crippen molar-refractivity contribution in [3.05, 3.63) is 47.3 Å². The summed E-state index contributed by atoms with van der Waals surface area (Å²) in [5, 5.41) is 1.76. The van der Waals surface area contributed by atoms with Crippen LogP contribution in [0.5, 0.6) is 0 Å². The van der Waals surface area contributed by atoms with Gasteiger partial charge in [0, 0.05) is 11.4 Å². The number of nitrogens with two attached hydrogens (primary N) is 1. The fraction of sp³-hybridized carbons (Fsp3) is 0.333. The molecular formula is C15H16FN. The van der Waals surface area contributed by atoms with E-state index in [0.29, 0.717) is 0 Å². The van der Waals surface area contributed by atoms with Crippen molar-refractivity contribution < 1.29 is 4.39 Å². The van der Waals surface area contributed by atoms with Crippen molar-refractivity contribution in [2.24, 2.45) is 5.73 Å². The van der Waals surface area contributed by atoms with Gasteiger partial charge in [0.2, 0.25) is 0 Å². The Morgan fingerprint density at radius 3 is 2.71 bits per heavy atom. The Labute approximate surface area is 100 Å². The van der Waals surface area contributed by atoms with Gasteiger partial charge in [-0.25, -0.2) is 4.39 Å². The molecule has 0 aliphatic heterocycles. The quantitative estimate of drug-likeness (QED) is 0.685. The number of aryl methyl sites for hydroxylation is 1. The zero-order chi connectivity index (χ0) is 11.8. The van der Waals surface area contributed by atoms with Crippen LogP contribution in [0.15, 0.2) is 30.3 Å². The van der Waals surface area contributed by atoms with E-state index in [9.17, 15) is 4.39 Å². The van der Waals surface area contributed by atoms with Gasteiger partial charge in [0.25, 0.3) is 0 Å². The van der Waals surface area contributed by atoms with Crippen LogP contribution in [0.1, 0.15) is 36.4 Å². The van der Waals surface area contributed by atoms with Gasteiger partial charge in [-0.2, -0.15) is 0 Å². The number of hydrogen-bond donors (Lipinski definition) is 1. The molecule has 0 fully saturated rings. The lowest BCUT2D eigenvalue weighted by atomic mass is 9.93. The van der Waals surface area contributed by atoms with Gasteiger partial charge in [0.15, 0.2) is 0 Å². The molecule has 1 unspecified atom stereocenters. The largest absolute Gasteiger partial charge is 0.324 e. The van der Waals surface area contributed by atoms with E-state index in [0.717, 1.165) is 42.0 Å². The molecule has 2 N–H and O–H groups in total. The molecule has 0 aromatic heterocycles. The zero-order valence-corrected chi connectivity index (χ0v) is 9.75. The summed E-state index contributed by atoms with van der Waals surface area (Å²) in [7, 11) is 0. The van der Waals surface area contributed by atoms with Gasteiger partial charge >= 0.3 is 0 Å². The Morgan fingerprint density at radius 1 is 1.12 bits per heavy atom. The van der Waals surface area contributed by atoms with Crippen LogP contribution in [0.4, 0.5) is 4.39 Å². The van der Waals surface area contributed by atoms with Crippen molar-refractivity contribution in [1.29, 1.82) is 0 Å². The van der Waals surface area contributed by atoms with Crippen LogP contribution in [0.25, 0.3) is 10.8 Å². The molecule has 2 aromatic rings. The van der Waals surface area contributed by atoms with Crippen molar-refractivity contribution >= 4 is 10.8 Å². The minimum atomic E-state index is -0.142. The van der Waals surface area contributed by atoms with Gasteiger partial charge in [-0.05, 0) is 41.8 Å². The fourth-order valence-electron chi connectivity index (χ4n) is 2.84. The highest BCUT2D eigenvalue weighted by Crippen LogP contribution is 2.33. The second-order valence-electron chi connectivity index (χ2n) is 4.82. The maximum absolute atomic E-state index is 14.0. The molecule has 2 aromatic carbocycles. The molecule has 17 heavy (non-hydrogen) atoms. The predicted molar refractivity (Wildman–Crippen MR) is 68.4 cm³/mol. The summed E-state index contributed by atoms with van der Waals surface area (Å²) in [6, 6.07) is 9.35. The molecule has 0 spiro atoms. The van der Waals surface area contributed by atoms with E-state index < -0.39 is 0 Å². The Bertz CT molecular complexity index is 562. The van der Waals surface area contributed by atoms with Gasteiger partial charge < -0.3 is 5.73 Å². The maximum atomic E-state index is 14.0. The highest BCUT2D eigenvalue weighted by molar-refractivity contribution is 5.87. The molecule has 1 nitrogen and oxygen atoms in total. The molecule has 0 amide bonds. The fourth-order valence-corrected chi connectivity index (χ4v) is 2.84. The van der Waals surface area contributed by atoms with E-state index in [1.54, 1.807) is 6.07 Å². The zero-order valence-electron chi connectivity index (χ0n) is 9.75. The highest BCUT2D eigenvalue weighted by Gasteiger charge is 2.19. The Balaban J connectivity index is 2.34. The third-order valence-corrected chi connectivity index (χ3v) is 3.73. The Morgan fingerprint density at radius 2 is 1.88 bits per heavy atom. The number of fused-ring (bicyclic) bond motifs is 3. The highest BCUT2D eigenvalue weighted by atomic mass is 19.1. The molecule has 0 bridgehead atoms. The molecule has 0 radical (unpaired) electrons. The van der Waals surface area contributed by atoms with E-state index >= 15 is 0 Å². The first-order valence-electron chi connectivity index (χ1n) is 6.23. The summed E-state index contributed by atoms with van der Waals surface area (Å²) >= 11 is 0. The van der Waals surface area contributed by atoms with Crippen molar-refractivity contribution in [1.82, 2.24) is 0 Å². The van der Waals surface area contributed by atoms with E-state index in [4.69, 9.17) is 5.73 Å². The second kappa shape index (κ2) is 4.11. The van der Waals surface area contributed by atoms with E-state index in [2.05, 4.69) is 0 Å². The smallest absolute Gasteiger partial charge is 0.131 e. The summed E-state index contributed by atoms with van der Waals surface area (Å²) in [5.74, 6) is -0.142. The minimum absolute atomic E-state index is 0.00777. The van der Waals surface area contributed by atoms with E-state index in [-0.39, 0.29) is 11.9 Å². The maximum Gasteiger partial charge on any atom is 0.131 e. The van der Waals surface area contributed by atoms with Crippen molar-refractivity contribution in [2.75, 3.05) is 0 Å². The van der Waals surface area contributed by atoms with Crippen LogP contribution in [-0.2, 0) is 6.42 Å². The molecule has 2 heteroatoms. The van der Waals surface area contributed by atoms with Crippen molar-refractivity contribution in [3.8, 4) is 0 Å². The number of halogens is 1. The minimum Gasteiger partial charge on any atom is -0.324 e. The van der Waals surface area contributed by atoms with Crippen LogP contribution in [0.3, 0.4) is 0 Å². The first kappa shape index (κ1) is 10.7. The summed E-state index contributed by atoms with van der Waals surface area (Å²) in [6.07, 6.45) is 4.26. The molecule has 0 saturated heterocycles. The number of rotatable bonds is 0. The lowest BCUT2D eigenvalue weighted by Crippen LogP contribution is -2.11.